The molecule has 0 N–H and O–H groups in total. The Morgan fingerprint density at radius 3 is 1.68 bits per heavy atom. The maximum Gasteiger partial charge on any atom is 0.0207 e. The molecule has 3 aromatic rings. The Kier molecular flexibility index (Phi) is 5.84. The molecule has 0 radical (unpaired) electrons. The minimum absolute atomic E-state index is 0.131. The van der Waals surface area contributed by atoms with Crippen molar-refractivity contribution in [1.82, 2.24) is 0 Å². The molecule has 0 saturated heterocycles. The summed E-state index contributed by atoms with van der Waals surface area (Å²) >= 11 is 2.00. The Labute approximate surface area is 210 Å². The molecule has 34 heavy (non-hydrogen) atoms. The summed E-state index contributed by atoms with van der Waals surface area (Å²) in [5.41, 5.74) is 19.1. The number of allylic oxidation sites excluding steroid dienone is 1. The van der Waals surface area contributed by atoms with Crippen molar-refractivity contribution in [2.45, 2.75) is 78.4 Å². The van der Waals surface area contributed by atoms with Crippen molar-refractivity contribution in [2.24, 2.45) is 0 Å². The number of hydrogen-bond donors (Lipinski definition) is 0. The lowest BCUT2D eigenvalue weighted by Gasteiger charge is -2.35. The lowest BCUT2D eigenvalue weighted by atomic mass is 9.76. The van der Waals surface area contributed by atoms with Crippen LogP contribution in [0.1, 0.15) is 77.6 Å². The summed E-state index contributed by atoms with van der Waals surface area (Å²) in [6.07, 6.45) is 8.45. The molecular weight excluding hydrogens is 428 g/mol. The van der Waals surface area contributed by atoms with E-state index in [4.69, 9.17) is 0 Å². The zero-order valence-electron chi connectivity index (χ0n) is 22.1. The molecule has 2 aliphatic rings. The van der Waals surface area contributed by atoms with Crippen LogP contribution in [-0.2, 0) is 12.8 Å². The van der Waals surface area contributed by atoms with Crippen LogP contribution in [0.2, 0.25) is 0 Å². The van der Waals surface area contributed by atoms with Gasteiger partial charge in [0.25, 0.3) is 0 Å². The Bertz CT molecular complexity index is 1290. The highest BCUT2D eigenvalue weighted by atomic mass is 32.2. The summed E-state index contributed by atoms with van der Waals surface area (Å²) in [7, 11) is 0. The summed E-state index contributed by atoms with van der Waals surface area (Å²) in [6.45, 7) is 16.2. The number of fused-ring (bicyclic) bond motifs is 2. The Morgan fingerprint density at radius 2 is 1.18 bits per heavy atom. The summed E-state index contributed by atoms with van der Waals surface area (Å²) in [5, 5.41) is 0. The molecule has 0 bridgehead atoms. The molecule has 0 spiro atoms. The van der Waals surface area contributed by atoms with Gasteiger partial charge in [0.1, 0.15) is 0 Å². The van der Waals surface area contributed by atoms with E-state index in [1.165, 1.54) is 69.3 Å². The molecule has 3 aromatic carbocycles. The first kappa shape index (κ1) is 23.5. The van der Waals surface area contributed by atoms with Gasteiger partial charge < -0.3 is 0 Å². The third-order valence-corrected chi connectivity index (χ3v) is 9.30. The van der Waals surface area contributed by atoms with E-state index in [1.807, 2.05) is 11.8 Å². The highest BCUT2D eigenvalue weighted by molar-refractivity contribution is 8.00. The van der Waals surface area contributed by atoms with Gasteiger partial charge in [-0.3, -0.25) is 0 Å². The standard InChI is InChI=1S/C33H38S/c1-19-12-20(2)15-24(14-19)29-26-10-9-11-27(26)30(25-16-21(3)13-22(4)17-25)31-28(29)18-23(5)32(31)33(6,7)34-8/h12-18,32H,9-11H2,1-8H3. The van der Waals surface area contributed by atoms with Crippen molar-refractivity contribution in [1.29, 1.82) is 0 Å². The molecule has 5 rings (SSSR count). The van der Waals surface area contributed by atoms with Crippen molar-refractivity contribution in [3.63, 3.8) is 0 Å². The molecular formula is C33H38S. The van der Waals surface area contributed by atoms with Gasteiger partial charge in [0, 0.05) is 10.7 Å². The van der Waals surface area contributed by atoms with Gasteiger partial charge in [-0.2, -0.15) is 11.8 Å². The van der Waals surface area contributed by atoms with Crippen molar-refractivity contribution in [2.75, 3.05) is 6.26 Å². The first-order chi connectivity index (χ1) is 16.1. The second-order valence-corrected chi connectivity index (χ2v) is 12.7. The van der Waals surface area contributed by atoms with Gasteiger partial charge in [0.15, 0.2) is 0 Å². The van der Waals surface area contributed by atoms with E-state index >= 15 is 0 Å². The molecule has 1 unspecified atom stereocenters. The number of benzene rings is 3. The molecule has 0 saturated carbocycles. The van der Waals surface area contributed by atoms with E-state index in [0.717, 1.165) is 0 Å². The summed E-state index contributed by atoms with van der Waals surface area (Å²) < 4.78 is 0.131. The fraction of sp³-hybridized carbons (Fsp3) is 0.394. The largest absolute Gasteiger partial charge is 0.158 e. The van der Waals surface area contributed by atoms with Crippen LogP contribution in [0.5, 0.6) is 0 Å². The van der Waals surface area contributed by atoms with Crippen molar-refractivity contribution in [3.05, 3.63) is 86.5 Å². The van der Waals surface area contributed by atoms with Crippen LogP contribution in [0.25, 0.3) is 28.3 Å². The van der Waals surface area contributed by atoms with Gasteiger partial charge >= 0.3 is 0 Å². The van der Waals surface area contributed by atoms with Gasteiger partial charge in [0.05, 0.1) is 0 Å². The van der Waals surface area contributed by atoms with Crippen molar-refractivity contribution in [3.8, 4) is 22.3 Å². The summed E-state index contributed by atoms with van der Waals surface area (Å²) in [6, 6.07) is 14.3. The molecule has 2 aliphatic carbocycles. The Hall–Kier alpha value is -2.25. The lowest BCUT2D eigenvalue weighted by molar-refractivity contribution is 0.619. The highest BCUT2D eigenvalue weighted by Crippen LogP contribution is 2.56. The zero-order valence-corrected chi connectivity index (χ0v) is 23.0. The minimum atomic E-state index is 0.131. The average Bonchev–Trinajstić information content (AvgIpc) is 3.34. The Morgan fingerprint density at radius 1 is 0.706 bits per heavy atom. The first-order valence-corrected chi connectivity index (χ1v) is 14.0. The van der Waals surface area contributed by atoms with E-state index in [1.54, 1.807) is 22.3 Å². The molecule has 1 atom stereocenters. The summed E-state index contributed by atoms with van der Waals surface area (Å²) in [5.74, 6) is 0.420. The molecule has 0 aliphatic heterocycles. The maximum atomic E-state index is 2.54. The fourth-order valence-corrected chi connectivity index (χ4v) is 7.33. The van der Waals surface area contributed by atoms with Crippen LogP contribution in [-0.4, -0.2) is 11.0 Å². The second kappa shape index (κ2) is 8.45. The van der Waals surface area contributed by atoms with E-state index in [9.17, 15) is 0 Å². The summed E-state index contributed by atoms with van der Waals surface area (Å²) in [4.78, 5) is 0. The van der Waals surface area contributed by atoms with Crippen LogP contribution in [0, 0.1) is 27.7 Å². The monoisotopic (exact) mass is 466 g/mol. The topological polar surface area (TPSA) is 0 Å². The minimum Gasteiger partial charge on any atom is -0.158 e. The number of thioether (sulfide) groups is 1. The molecule has 0 amide bonds. The van der Waals surface area contributed by atoms with Crippen molar-refractivity contribution < 1.29 is 0 Å². The second-order valence-electron chi connectivity index (χ2n) is 11.3. The predicted octanol–water partition coefficient (Wildman–Crippen LogP) is 9.39. The van der Waals surface area contributed by atoms with Crippen LogP contribution < -0.4 is 0 Å². The van der Waals surface area contributed by atoms with Gasteiger partial charge in [-0.15, -0.1) is 0 Å². The van der Waals surface area contributed by atoms with Gasteiger partial charge in [0.2, 0.25) is 0 Å². The van der Waals surface area contributed by atoms with E-state index in [-0.39, 0.29) is 4.75 Å². The normalized spacial score (nSPS) is 17.1. The predicted molar refractivity (Wildman–Crippen MR) is 152 cm³/mol. The maximum absolute atomic E-state index is 2.54. The van der Waals surface area contributed by atoms with Crippen LogP contribution in [0.3, 0.4) is 0 Å². The van der Waals surface area contributed by atoms with Crippen molar-refractivity contribution >= 4 is 17.8 Å². The van der Waals surface area contributed by atoms with E-state index < -0.39 is 0 Å². The first-order valence-electron chi connectivity index (χ1n) is 12.7. The van der Waals surface area contributed by atoms with Gasteiger partial charge in [-0.25, -0.2) is 0 Å². The molecule has 0 fully saturated rings. The van der Waals surface area contributed by atoms with Gasteiger partial charge in [-0.1, -0.05) is 70.3 Å². The van der Waals surface area contributed by atoms with Crippen LogP contribution >= 0.6 is 11.8 Å². The SMILES string of the molecule is CSC(C)(C)C1C(C)=Cc2c(-c3cc(C)cc(C)c3)c3c(c(-c4cc(C)cc(C)c4)c21)CCC3. The third-order valence-electron chi connectivity index (χ3n) is 8.01. The molecule has 0 heterocycles. The Balaban J connectivity index is 1.93. The smallest absolute Gasteiger partial charge is 0.0207 e. The zero-order chi connectivity index (χ0) is 24.4. The number of aryl methyl sites for hydroxylation is 4. The number of hydrogen-bond acceptors (Lipinski definition) is 1. The average molecular weight is 467 g/mol. The lowest BCUT2D eigenvalue weighted by Crippen LogP contribution is -2.26. The van der Waals surface area contributed by atoms with E-state index in [2.05, 4.69) is 97.2 Å². The number of rotatable bonds is 4. The van der Waals surface area contributed by atoms with Crippen LogP contribution in [0.15, 0.2) is 42.0 Å². The quantitative estimate of drug-likeness (QED) is 0.369. The molecule has 0 aromatic heterocycles. The van der Waals surface area contributed by atoms with Gasteiger partial charge in [-0.05, 0) is 118 Å². The van der Waals surface area contributed by atoms with Crippen LogP contribution in [0.4, 0.5) is 0 Å². The molecule has 0 nitrogen and oxygen atoms in total. The molecule has 1 heteroatoms. The fourth-order valence-electron chi connectivity index (χ4n) is 6.79. The molecule has 176 valence electrons. The third kappa shape index (κ3) is 3.77. The van der Waals surface area contributed by atoms with E-state index in [0.29, 0.717) is 5.92 Å². The highest BCUT2D eigenvalue weighted by Gasteiger charge is 2.41.